The maximum Gasteiger partial charge on any atom is 0.324 e. The molecule has 1 saturated heterocycles. The zero-order valence-electron chi connectivity index (χ0n) is 10.4. The van der Waals surface area contributed by atoms with E-state index >= 15 is 0 Å². The second-order valence-electron chi connectivity index (χ2n) is 4.44. The van der Waals surface area contributed by atoms with E-state index < -0.39 is 11.5 Å². The fourth-order valence-electron chi connectivity index (χ4n) is 2.61. The van der Waals surface area contributed by atoms with Gasteiger partial charge in [0.1, 0.15) is 5.54 Å². The highest BCUT2D eigenvalue weighted by molar-refractivity contribution is 5.78. The predicted molar refractivity (Wildman–Crippen MR) is 62.6 cm³/mol. The smallest absolute Gasteiger partial charge is 0.324 e. The van der Waals surface area contributed by atoms with Crippen LogP contribution in [-0.2, 0) is 9.53 Å². The highest BCUT2D eigenvalue weighted by Crippen LogP contribution is 2.28. The van der Waals surface area contributed by atoms with Gasteiger partial charge in [-0.05, 0) is 12.8 Å². The lowest BCUT2D eigenvalue weighted by Gasteiger charge is -2.42. The molecule has 0 unspecified atom stereocenters. The Kier molecular flexibility index (Phi) is 5.22. The van der Waals surface area contributed by atoms with Crippen LogP contribution >= 0.6 is 0 Å². The number of carboxylic acids is 1. The van der Waals surface area contributed by atoms with E-state index in [1.807, 2.05) is 13.8 Å². The van der Waals surface area contributed by atoms with E-state index in [-0.39, 0.29) is 0 Å². The Hall–Kier alpha value is -0.610. The SMILES string of the molecule is CCCC(CCC)(C(=O)O)N1CCOCC1. The number of rotatable bonds is 6. The van der Waals surface area contributed by atoms with E-state index in [1.54, 1.807) is 0 Å². The topological polar surface area (TPSA) is 49.8 Å². The van der Waals surface area contributed by atoms with Crippen LogP contribution in [0.25, 0.3) is 0 Å². The Labute approximate surface area is 97.6 Å². The lowest BCUT2D eigenvalue weighted by atomic mass is 9.86. The highest BCUT2D eigenvalue weighted by Gasteiger charge is 2.42. The first-order valence-electron chi connectivity index (χ1n) is 6.23. The van der Waals surface area contributed by atoms with Crippen molar-refractivity contribution in [1.82, 2.24) is 4.90 Å². The largest absolute Gasteiger partial charge is 0.480 e. The van der Waals surface area contributed by atoms with E-state index in [0.717, 1.165) is 38.8 Å². The van der Waals surface area contributed by atoms with Crippen molar-refractivity contribution in [2.75, 3.05) is 26.3 Å². The van der Waals surface area contributed by atoms with Crippen LogP contribution in [0, 0.1) is 0 Å². The average molecular weight is 229 g/mol. The van der Waals surface area contributed by atoms with Crippen LogP contribution in [0.15, 0.2) is 0 Å². The molecule has 0 atom stereocenters. The van der Waals surface area contributed by atoms with Gasteiger partial charge in [-0.15, -0.1) is 0 Å². The molecule has 0 radical (unpaired) electrons. The lowest BCUT2D eigenvalue weighted by molar-refractivity contribution is -0.156. The van der Waals surface area contributed by atoms with Crippen LogP contribution in [0.1, 0.15) is 39.5 Å². The van der Waals surface area contributed by atoms with Crippen LogP contribution < -0.4 is 0 Å². The van der Waals surface area contributed by atoms with Crippen molar-refractivity contribution in [1.29, 1.82) is 0 Å². The summed E-state index contributed by atoms with van der Waals surface area (Å²) in [5.41, 5.74) is -0.659. The third kappa shape index (κ3) is 2.74. The quantitative estimate of drug-likeness (QED) is 0.753. The van der Waals surface area contributed by atoms with Crippen molar-refractivity contribution >= 4 is 5.97 Å². The van der Waals surface area contributed by atoms with Crippen LogP contribution in [0.5, 0.6) is 0 Å². The third-order valence-corrected chi connectivity index (χ3v) is 3.34. The van der Waals surface area contributed by atoms with E-state index in [9.17, 15) is 9.90 Å². The van der Waals surface area contributed by atoms with E-state index in [1.165, 1.54) is 0 Å². The van der Waals surface area contributed by atoms with Gasteiger partial charge in [0, 0.05) is 13.1 Å². The first kappa shape index (κ1) is 13.5. The summed E-state index contributed by atoms with van der Waals surface area (Å²) in [6, 6.07) is 0. The van der Waals surface area contributed by atoms with Gasteiger partial charge in [0.25, 0.3) is 0 Å². The van der Waals surface area contributed by atoms with E-state index in [0.29, 0.717) is 13.2 Å². The molecule has 0 aromatic heterocycles. The molecule has 1 aliphatic rings. The van der Waals surface area contributed by atoms with Crippen LogP contribution in [0.4, 0.5) is 0 Å². The maximum absolute atomic E-state index is 11.6. The minimum atomic E-state index is -0.668. The summed E-state index contributed by atoms with van der Waals surface area (Å²) in [4.78, 5) is 13.7. The van der Waals surface area contributed by atoms with Gasteiger partial charge in [-0.3, -0.25) is 9.69 Å². The molecule has 1 N–H and O–H groups in total. The van der Waals surface area contributed by atoms with Crippen molar-refractivity contribution < 1.29 is 14.6 Å². The molecule has 1 aliphatic heterocycles. The standard InChI is InChI=1S/C12H23NO3/c1-3-5-12(6-4-2,11(14)15)13-7-9-16-10-8-13/h3-10H2,1-2H3,(H,14,15). The zero-order valence-corrected chi connectivity index (χ0v) is 10.4. The lowest BCUT2D eigenvalue weighted by Crippen LogP contribution is -2.58. The van der Waals surface area contributed by atoms with Crippen LogP contribution in [0.2, 0.25) is 0 Å². The second kappa shape index (κ2) is 6.21. The van der Waals surface area contributed by atoms with E-state index in [2.05, 4.69) is 4.90 Å². The number of carbonyl (C=O) groups is 1. The molecule has 1 heterocycles. The molecule has 0 aromatic carbocycles. The van der Waals surface area contributed by atoms with Crippen molar-refractivity contribution in [2.24, 2.45) is 0 Å². The minimum absolute atomic E-state index is 0.655. The molecule has 0 aromatic rings. The molecule has 1 rings (SSSR count). The van der Waals surface area contributed by atoms with Crippen LogP contribution in [-0.4, -0.2) is 47.8 Å². The average Bonchev–Trinajstić information content (AvgIpc) is 2.29. The summed E-state index contributed by atoms with van der Waals surface area (Å²) in [6.45, 7) is 6.89. The Bertz CT molecular complexity index is 218. The summed E-state index contributed by atoms with van der Waals surface area (Å²) in [5, 5.41) is 9.56. The summed E-state index contributed by atoms with van der Waals surface area (Å²) in [5.74, 6) is -0.668. The maximum atomic E-state index is 11.6. The van der Waals surface area contributed by atoms with Gasteiger partial charge < -0.3 is 9.84 Å². The normalized spacial score (nSPS) is 18.6. The first-order chi connectivity index (χ1) is 7.67. The second-order valence-corrected chi connectivity index (χ2v) is 4.44. The van der Waals surface area contributed by atoms with Gasteiger partial charge in [-0.2, -0.15) is 0 Å². The van der Waals surface area contributed by atoms with Crippen molar-refractivity contribution in [3.05, 3.63) is 0 Å². The number of hydrogen-bond donors (Lipinski definition) is 1. The molecule has 4 nitrogen and oxygen atoms in total. The Balaban J connectivity index is 2.84. The number of morpholine rings is 1. The zero-order chi connectivity index (χ0) is 12.0. The Morgan fingerprint density at radius 1 is 1.25 bits per heavy atom. The molecule has 0 amide bonds. The van der Waals surface area contributed by atoms with Gasteiger partial charge in [0.2, 0.25) is 0 Å². The number of carboxylic acid groups (broad SMARTS) is 1. The molecule has 1 fully saturated rings. The molecule has 4 heteroatoms. The van der Waals surface area contributed by atoms with Crippen molar-refractivity contribution in [3.63, 3.8) is 0 Å². The summed E-state index contributed by atoms with van der Waals surface area (Å²) >= 11 is 0. The van der Waals surface area contributed by atoms with Gasteiger partial charge in [-0.25, -0.2) is 0 Å². The minimum Gasteiger partial charge on any atom is -0.480 e. The van der Waals surface area contributed by atoms with Gasteiger partial charge in [0.05, 0.1) is 13.2 Å². The molecule has 16 heavy (non-hydrogen) atoms. The Morgan fingerprint density at radius 3 is 2.12 bits per heavy atom. The number of ether oxygens (including phenoxy) is 1. The Morgan fingerprint density at radius 2 is 1.75 bits per heavy atom. The molecular weight excluding hydrogens is 206 g/mol. The molecule has 0 spiro atoms. The molecule has 0 bridgehead atoms. The van der Waals surface area contributed by atoms with Crippen molar-refractivity contribution in [2.45, 2.75) is 45.1 Å². The summed E-state index contributed by atoms with van der Waals surface area (Å²) < 4.78 is 5.30. The number of aliphatic carboxylic acids is 1. The van der Waals surface area contributed by atoms with Gasteiger partial charge >= 0.3 is 5.97 Å². The fraction of sp³-hybridized carbons (Fsp3) is 0.917. The number of hydrogen-bond acceptors (Lipinski definition) is 3. The molecular formula is C12H23NO3. The van der Waals surface area contributed by atoms with Gasteiger partial charge in [0.15, 0.2) is 0 Å². The molecule has 0 saturated carbocycles. The first-order valence-corrected chi connectivity index (χ1v) is 6.23. The van der Waals surface area contributed by atoms with Crippen molar-refractivity contribution in [3.8, 4) is 0 Å². The highest BCUT2D eigenvalue weighted by atomic mass is 16.5. The monoisotopic (exact) mass is 229 g/mol. The van der Waals surface area contributed by atoms with E-state index in [4.69, 9.17) is 4.74 Å². The molecule has 94 valence electrons. The summed E-state index contributed by atoms with van der Waals surface area (Å²) in [7, 11) is 0. The third-order valence-electron chi connectivity index (χ3n) is 3.34. The number of nitrogens with zero attached hydrogens (tertiary/aromatic N) is 1. The summed E-state index contributed by atoms with van der Waals surface area (Å²) in [6.07, 6.45) is 3.28. The predicted octanol–water partition coefficient (Wildman–Crippen LogP) is 1.74. The molecule has 0 aliphatic carbocycles. The van der Waals surface area contributed by atoms with Crippen LogP contribution in [0.3, 0.4) is 0 Å². The van der Waals surface area contributed by atoms with Gasteiger partial charge in [-0.1, -0.05) is 26.7 Å². The fourth-order valence-corrected chi connectivity index (χ4v) is 2.61.